The third-order valence-electron chi connectivity index (χ3n) is 5.64. The van der Waals surface area contributed by atoms with Crippen LogP contribution in [-0.2, 0) is 4.79 Å². The first-order valence-corrected chi connectivity index (χ1v) is 12.7. The average molecular weight is 497 g/mol. The molecule has 5 rings (SSSR count). The number of hydrazone groups is 1. The van der Waals surface area contributed by atoms with E-state index in [0.29, 0.717) is 36.9 Å². The molecule has 34 heavy (non-hydrogen) atoms. The molecule has 0 spiro atoms. The zero-order valence-electron chi connectivity index (χ0n) is 18.9. The van der Waals surface area contributed by atoms with Gasteiger partial charge in [0.25, 0.3) is 5.91 Å². The molecule has 1 unspecified atom stereocenters. The minimum atomic E-state index is -0.217. The second-order valence-corrected chi connectivity index (χ2v) is 9.69. The molecule has 0 N–H and O–H groups in total. The summed E-state index contributed by atoms with van der Waals surface area (Å²) in [5.41, 5.74) is 1.86. The van der Waals surface area contributed by atoms with Gasteiger partial charge >= 0.3 is 0 Å². The maximum absolute atomic E-state index is 13.4. The van der Waals surface area contributed by atoms with Gasteiger partial charge in [-0.1, -0.05) is 12.1 Å². The van der Waals surface area contributed by atoms with Crippen molar-refractivity contribution in [1.82, 2.24) is 5.01 Å². The Kier molecular flexibility index (Phi) is 6.64. The normalized spacial score (nSPS) is 16.8. The molecule has 3 heterocycles. The number of nitrogens with zero attached hydrogens (tertiary/aromatic N) is 2. The summed E-state index contributed by atoms with van der Waals surface area (Å²) in [5.74, 6) is 2.92. The van der Waals surface area contributed by atoms with E-state index in [2.05, 4.69) is 0 Å². The first-order chi connectivity index (χ1) is 16.7. The molecule has 2 aliphatic heterocycles. The summed E-state index contributed by atoms with van der Waals surface area (Å²) in [6, 6.07) is 15.3. The molecular formula is C25H24N2O5S2. The number of ether oxygens (including phenoxy) is 4. The minimum Gasteiger partial charge on any atom is -0.493 e. The molecule has 1 atom stereocenters. The maximum Gasteiger partial charge on any atom is 0.253 e. The second-order valence-electron chi connectivity index (χ2n) is 7.69. The van der Waals surface area contributed by atoms with E-state index < -0.39 is 0 Å². The van der Waals surface area contributed by atoms with E-state index in [4.69, 9.17) is 24.0 Å². The molecular weight excluding hydrogens is 472 g/mol. The minimum absolute atomic E-state index is 0.0637. The Morgan fingerprint density at radius 2 is 1.91 bits per heavy atom. The number of thioether (sulfide) groups is 1. The number of thiophene rings is 1. The fraction of sp³-hybridized carbons (Fsp3) is 0.280. The number of rotatable bonds is 7. The molecule has 2 aliphatic rings. The van der Waals surface area contributed by atoms with Crippen LogP contribution in [0.4, 0.5) is 0 Å². The van der Waals surface area contributed by atoms with Crippen molar-refractivity contribution >= 4 is 34.7 Å². The number of methoxy groups -OCH3 is 2. The Hall–Kier alpha value is -3.17. The zero-order chi connectivity index (χ0) is 23.5. The first-order valence-electron chi connectivity index (χ1n) is 10.8. The van der Waals surface area contributed by atoms with Crippen molar-refractivity contribution in [1.29, 1.82) is 0 Å². The van der Waals surface area contributed by atoms with E-state index in [9.17, 15) is 4.79 Å². The fourth-order valence-electron chi connectivity index (χ4n) is 3.98. The molecule has 176 valence electrons. The number of carbonyl (C=O) groups is 1. The molecule has 0 radical (unpaired) electrons. The van der Waals surface area contributed by atoms with Crippen LogP contribution in [0.2, 0.25) is 0 Å². The molecule has 1 aromatic heterocycles. The molecule has 0 bridgehead atoms. The number of hydrogen-bond donors (Lipinski definition) is 0. The highest BCUT2D eigenvalue weighted by atomic mass is 32.2. The highest BCUT2D eigenvalue weighted by Crippen LogP contribution is 2.39. The lowest BCUT2D eigenvalue weighted by atomic mass is 10.0. The van der Waals surface area contributed by atoms with Gasteiger partial charge in [-0.05, 0) is 47.3 Å². The molecule has 3 aromatic rings. The van der Waals surface area contributed by atoms with Crippen molar-refractivity contribution < 1.29 is 23.7 Å². The van der Waals surface area contributed by atoms with Gasteiger partial charge in [-0.2, -0.15) is 5.10 Å². The molecule has 0 aliphatic carbocycles. The lowest BCUT2D eigenvalue weighted by molar-refractivity contribution is -0.130. The van der Waals surface area contributed by atoms with Gasteiger partial charge in [-0.25, -0.2) is 5.01 Å². The summed E-state index contributed by atoms with van der Waals surface area (Å²) < 4.78 is 22.1. The summed E-state index contributed by atoms with van der Waals surface area (Å²) in [7, 11) is 3.22. The van der Waals surface area contributed by atoms with Gasteiger partial charge in [-0.3, -0.25) is 4.79 Å². The Morgan fingerprint density at radius 3 is 2.68 bits per heavy atom. The third-order valence-corrected chi connectivity index (χ3v) is 7.54. The SMILES string of the molecule is COc1ccc(C2CC(c3cccs3)=NN2C(=O)CSc2ccc3c(c2)OCCO3)cc1OC. The molecule has 0 saturated carbocycles. The van der Waals surface area contributed by atoms with Crippen molar-refractivity contribution in [2.75, 3.05) is 33.2 Å². The average Bonchev–Trinajstić information content (AvgIpc) is 3.57. The largest absolute Gasteiger partial charge is 0.493 e. The number of carbonyl (C=O) groups excluding carboxylic acids is 1. The number of fused-ring (bicyclic) bond motifs is 1. The van der Waals surface area contributed by atoms with Crippen LogP contribution in [0, 0.1) is 0 Å². The van der Waals surface area contributed by atoms with Crippen molar-refractivity contribution in [3.05, 3.63) is 64.4 Å². The summed E-state index contributed by atoms with van der Waals surface area (Å²) in [5, 5.41) is 8.38. The quantitative estimate of drug-likeness (QED) is 0.429. The van der Waals surface area contributed by atoms with Crippen LogP contribution in [0.3, 0.4) is 0 Å². The summed E-state index contributed by atoms with van der Waals surface area (Å²) in [4.78, 5) is 15.4. The van der Waals surface area contributed by atoms with Crippen LogP contribution in [0.1, 0.15) is 22.9 Å². The maximum atomic E-state index is 13.4. The van der Waals surface area contributed by atoms with Crippen LogP contribution >= 0.6 is 23.1 Å². The van der Waals surface area contributed by atoms with E-state index in [1.54, 1.807) is 30.6 Å². The predicted octanol–water partition coefficient (Wildman–Crippen LogP) is 5.01. The van der Waals surface area contributed by atoms with Gasteiger partial charge in [0.1, 0.15) is 13.2 Å². The van der Waals surface area contributed by atoms with Crippen LogP contribution in [0.15, 0.2) is 63.9 Å². The lowest BCUT2D eigenvalue weighted by Crippen LogP contribution is -2.28. The van der Waals surface area contributed by atoms with E-state index in [0.717, 1.165) is 26.8 Å². The highest BCUT2D eigenvalue weighted by Gasteiger charge is 2.34. The van der Waals surface area contributed by atoms with Gasteiger partial charge in [0, 0.05) is 11.3 Å². The summed E-state index contributed by atoms with van der Waals surface area (Å²) >= 11 is 3.08. The first kappa shape index (κ1) is 22.6. The van der Waals surface area contributed by atoms with Crippen LogP contribution in [-0.4, -0.2) is 49.8 Å². The summed E-state index contributed by atoms with van der Waals surface area (Å²) in [6.45, 7) is 1.08. The van der Waals surface area contributed by atoms with Crippen molar-refractivity contribution in [2.24, 2.45) is 5.10 Å². The Labute approximate surface area is 206 Å². The van der Waals surface area contributed by atoms with Gasteiger partial charge in [-0.15, -0.1) is 23.1 Å². The molecule has 9 heteroatoms. The second kappa shape index (κ2) is 9.99. The van der Waals surface area contributed by atoms with E-state index >= 15 is 0 Å². The van der Waals surface area contributed by atoms with Gasteiger partial charge in [0.05, 0.1) is 36.6 Å². The predicted molar refractivity (Wildman–Crippen MR) is 133 cm³/mol. The standard InChI is InChI=1S/C25H24N2O5S2/c1-29-20-7-5-16(12-22(20)30-2)19-14-18(24-4-3-11-33-24)26-27(19)25(28)15-34-17-6-8-21-23(13-17)32-10-9-31-21/h3-8,11-13,19H,9-10,14-15H2,1-2H3. The summed E-state index contributed by atoms with van der Waals surface area (Å²) in [6.07, 6.45) is 0.635. The van der Waals surface area contributed by atoms with Crippen LogP contribution < -0.4 is 18.9 Å². The number of hydrogen-bond acceptors (Lipinski definition) is 8. The van der Waals surface area contributed by atoms with Gasteiger partial charge in [0.2, 0.25) is 0 Å². The highest BCUT2D eigenvalue weighted by molar-refractivity contribution is 8.00. The molecule has 0 fully saturated rings. The van der Waals surface area contributed by atoms with Gasteiger partial charge in [0.15, 0.2) is 23.0 Å². The molecule has 0 saturated heterocycles. The van der Waals surface area contributed by atoms with E-state index in [-0.39, 0.29) is 17.7 Å². The van der Waals surface area contributed by atoms with Gasteiger partial charge < -0.3 is 18.9 Å². The monoisotopic (exact) mass is 496 g/mol. The smallest absolute Gasteiger partial charge is 0.253 e. The lowest BCUT2D eigenvalue weighted by Gasteiger charge is -2.23. The molecule has 7 nitrogen and oxygen atoms in total. The van der Waals surface area contributed by atoms with Crippen molar-refractivity contribution in [3.63, 3.8) is 0 Å². The number of benzene rings is 2. The Balaban J connectivity index is 1.37. The number of amides is 1. The third kappa shape index (κ3) is 4.58. The zero-order valence-corrected chi connectivity index (χ0v) is 20.5. The fourth-order valence-corrected chi connectivity index (χ4v) is 5.47. The molecule has 2 aromatic carbocycles. The van der Waals surface area contributed by atoms with E-state index in [1.165, 1.54) is 11.8 Å². The van der Waals surface area contributed by atoms with E-state index in [1.807, 2.05) is 53.9 Å². The van der Waals surface area contributed by atoms with Crippen molar-refractivity contribution in [2.45, 2.75) is 17.4 Å². The van der Waals surface area contributed by atoms with Crippen LogP contribution in [0.25, 0.3) is 0 Å². The Bertz CT molecular complexity index is 1210. The Morgan fingerprint density at radius 1 is 1.09 bits per heavy atom. The van der Waals surface area contributed by atoms with Crippen LogP contribution in [0.5, 0.6) is 23.0 Å². The van der Waals surface area contributed by atoms with Crippen molar-refractivity contribution in [3.8, 4) is 23.0 Å². The molecule has 1 amide bonds. The topological polar surface area (TPSA) is 69.6 Å².